The van der Waals surface area contributed by atoms with Crippen molar-refractivity contribution in [1.29, 1.82) is 0 Å². The zero-order chi connectivity index (χ0) is 35.6. The molecule has 3 heterocycles. The van der Waals surface area contributed by atoms with E-state index >= 15 is 0 Å². The Labute approximate surface area is 310 Å². The minimum absolute atomic E-state index is 0.583. The highest BCUT2D eigenvalue weighted by Crippen LogP contribution is 2.39. The summed E-state index contributed by atoms with van der Waals surface area (Å²) in [5.41, 5.74) is 9.98. The molecule has 5 heteroatoms. The molecule has 0 saturated heterocycles. The molecular weight excluding hydrogens is 661 g/mol. The molecule has 0 atom stereocenters. The standard InChI is InChI=1S/C49H30N4O/c1-2-13-37(14-3-1)53-42-18-8-6-16-40(42)46-41(17-10-19-43(46)53)49-51-47(33-24-21-32(22-25-33)35-26-23-31-11-4-5-12-34(31)29-35)50-48(52-49)36-27-28-39-38-15-7-9-20-44(38)54-45(39)30-36/h1-30H. The van der Waals surface area contributed by atoms with Gasteiger partial charge in [-0.15, -0.1) is 0 Å². The molecule has 5 nitrogen and oxygen atoms in total. The predicted octanol–water partition coefficient (Wildman–Crippen LogP) is 12.7. The van der Waals surface area contributed by atoms with Crippen molar-refractivity contribution in [3.8, 4) is 51.0 Å². The number of para-hydroxylation sites is 3. The maximum absolute atomic E-state index is 6.30. The zero-order valence-electron chi connectivity index (χ0n) is 29.0. The number of benzene rings is 8. The van der Waals surface area contributed by atoms with Gasteiger partial charge in [-0.2, -0.15) is 0 Å². The van der Waals surface area contributed by atoms with Crippen molar-refractivity contribution >= 4 is 54.5 Å². The Bertz CT molecular complexity index is 3210. The largest absolute Gasteiger partial charge is 0.456 e. The summed E-state index contributed by atoms with van der Waals surface area (Å²) in [6.45, 7) is 0. The van der Waals surface area contributed by atoms with Crippen molar-refractivity contribution in [2.75, 3.05) is 0 Å². The number of fused-ring (bicyclic) bond motifs is 7. The third-order valence-electron chi connectivity index (χ3n) is 10.5. The molecule has 252 valence electrons. The number of hydrogen-bond acceptors (Lipinski definition) is 4. The Balaban J connectivity index is 1.11. The Hall–Kier alpha value is -7.37. The third kappa shape index (κ3) is 4.90. The highest BCUT2D eigenvalue weighted by molar-refractivity contribution is 6.15. The molecule has 3 aromatic heterocycles. The second-order valence-corrected chi connectivity index (χ2v) is 13.6. The van der Waals surface area contributed by atoms with Gasteiger partial charge in [0, 0.05) is 43.9 Å². The number of furan rings is 1. The molecule has 54 heavy (non-hydrogen) atoms. The monoisotopic (exact) mass is 690 g/mol. The van der Waals surface area contributed by atoms with E-state index in [1.54, 1.807) is 0 Å². The minimum atomic E-state index is 0.583. The first-order chi connectivity index (χ1) is 26.7. The normalized spacial score (nSPS) is 11.7. The summed E-state index contributed by atoms with van der Waals surface area (Å²) < 4.78 is 8.62. The Morgan fingerprint density at radius 1 is 0.370 bits per heavy atom. The molecule has 0 aliphatic rings. The summed E-state index contributed by atoms with van der Waals surface area (Å²) in [5, 5.41) is 6.83. The van der Waals surface area contributed by atoms with Crippen molar-refractivity contribution in [1.82, 2.24) is 19.5 Å². The van der Waals surface area contributed by atoms with E-state index in [4.69, 9.17) is 19.4 Å². The van der Waals surface area contributed by atoms with Gasteiger partial charge in [-0.25, -0.2) is 15.0 Å². The highest BCUT2D eigenvalue weighted by atomic mass is 16.3. The van der Waals surface area contributed by atoms with Crippen molar-refractivity contribution in [2.45, 2.75) is 0 Å². The van der Waals surface area contributed by atoms with E-state index in [-0.39, 0.29) is 0 Å². The maximum atomic E-state index is 6.30. The number of rotatable bonds is 5. The summed E-state index contributed by atoms with van der Waals surface area (Å²) in [4.78, 5) is 15.6. The zero-order valence-corrected chi connectivity index (χ0v) is 29.0. The molecule has 0 amide bonds. The molecule has 0 radical (unpaired) electrons. The summed E-state index contributed by atoms with van der Waals surface area (Å²) in [6, 6.07) is 63.4. The Kier molecular flexibility index (Phi) is 6.79. The molecule has 0 aliphatic carbocycles. The first-order valence-electron chi connectivity index (χ1n) is 18.1. The van der Waals surface area contributed by atoms with Gasteiger partial charge in [-0.1, -0.05) is 133 Å². The average Bonchev–Trinajstić information content (AvgIpc) is 3.79. The van der Waals surface area contributed by atoms with Crippen molar-refractivity contribution < 1.29 is 4.42 Å². The third-order valence-corrected chi connectivity index (χ3v) is 10.5. The van der Waals surface area contributed by atoms with Gasteiger partial charge in [-0.05, 0) is 70.4 Å². The summed E-state index contributed by atoms with van der Waals surface area (Å²) >= 11 is 0. The quantitative estimate of drug-likeness (QED) is 0.180. The molecule has 0 N–H and O–H groups in total. The average molecular weight is 691 g/mol. The molecule has 0 saturated carbocycles. The van der Waals surface area contributed by atoms with Crippen LogP contribution in [-0.2, 0) is 0 Å². The van der Waals surface area contributed by atoms with Crippen LogP contribution in [0.2, 0.25) is 0 Å². The van der Waals surface area contributed by atoms with Gasteiger partial charge in [-0.3, -0.25) is 0 Å². The van der Waals surface area contributed by atoms with Gasteiger partial charge < -0.3 is 8.98 Å². The van der Waals surface area contributed by atoms with Crippen LogP contribution >= 0.6 is 0 Å². The minimum Gasteiger partial charge on any atom is -0.456 e. The van der Waals surface area contributed by atoms with Crippen molar-refractivity contribution in [2.24, 2.45) is 0 Å². The molecule has 11 aromatic rings. The molecule has 0 bridgehead atoms. The molecule has 0 aliphatic heterocycles. The predicted molar refractivity (Wildman–Crippen MR) is 221 cm³/mol. The fraction of sp³-hybridized carbons (Fsp3) is 0. The summed E-state index contributed by atoms with van der Waals surface area (Å²) in [5.74, 6) is 1.80. The Morgan fingerprint density at radius 2 is 1.00 bits per heavy atom. The van der Waals surface area contributed by atoms with Crippen LogP contribution < -0.4 is 0 Å². The van der Waals surface area contributed by atoms with Crippen molar-refractivity contribution in [3.63, 3.8) is 0 Å². The van der Waals surface area contributed by atoms with Crippen LogP contribution in [0, 0.1) is 0 Å². The number of nitrogens with zero attached hydrogens (tertiary/aromatic N) is 4. The Morgan fingerprint density at radius 3 is 1.87 bits per heavy atom. The molecule has 0 unspecified atom stereocenters. The van der Waals surface area contributed by atoms with Gasteiger partial charge in [0.15, 0.2) is 17.5 Å². The van der Waals surface area contributed by atoms with Crippen LogP contribution in [0.5, 0.6) is 0 Å². The second-order valence-electron chi connectivity index (χ2n) is 13.6. The first-order valence-corrected chi connectivity index (χ1v) is 18.1. The van der Waals surface area contributed by atoms with E-state index in [0.29, 0.717) is 17.5 Å². The number of aromatic nitrogens is 4. The van der Waals surface area contributed by atoms with Gasteiger partial charge >= 0.3 is 0 Å². The molecule has 0 fully saturated rings. The first kappa shape index (κ1) is 30.3. The van der Waals surface area contributed by atoms with Crippen LogP contribution in [0.4, 0.5) is 0 Å². The van der Waals surface area contributed by atoms with E-state index in [2.05, 4.69) is 156 Å². The molecule has 11 rings (SSSR count). The van der Waals surface area contributed by atoms with Gasteiger partial charge in [0.1, 0.15) is 11.2 Å². The van der Waals surface area contributed by atoms with E-state index in [0.717, 1.165) is 77.2 Å². The molecule has 0 spiro atoms. The summed E-state index contributed by atoms with van der Waals surface area (Å²) in [7, 11) is 0. The van der Waals surface area contributed by atoms with E-state index < -0.39 is 0 Å². The van der Waals surface area contributed by atoms with E-state index in [1.165, 1.54) is 10.8 Å². The van der Waals surface area contributed by atoms with Crippen molar-refractivity contribution in [3.05, 3.63) is 182 Å². The fourth-order valence-corrected chi connectivity index (χ4v) is 7.86. The lowest BCUT2D eigenvalue weighted by Crippen LogP contribution is -2.00. The second kappa shape index (κ2) is 12.1. The van der Waals surface area contributed by atoms with Crippen LogP contribution in [0.15, 0.2) is 186 Å². The summed E-state index contributed by atoms with van der Waals surface area (Å²) in [6.07, 6.45) is 0. The van der Waals surface area contributed by atoms with Gasteiger partial charge in [0.25, 0.3) is 0 Å². The highest BCUT2D eigenvalue weighted by Gasteiger charge is 2.20. The van der Waals surface area contributed by atoms with Gasteiger partial charge in [0.05, 0.1) is 11.0 Å². The van der Waals surface area contributed by atoms with E-state index in [9.17, 15) is 0 Å². The smallest absolute Gasteiger partial charge is 0.164 e. The van der Waals surface area contributed by atoms with Crippen LogP contribution in [0.1, 0.15) is 0 Å². The number of hydrogen-bond donors (Lipinski definition) is 0. The van der Waals surface area contributed by atoms with Crippen LogP contribution in [0.3, 0.4) is 0 Å². The lowest BCUT2D eigenvalue weighted by Gasteiger charge is -2.11. The van der Waals surface area contributed by atoms with Crippen LogP contribution in [-0.4, -0.2) is 19.5 Å². The lowest BCUT2D eigenvalue weighted by molar-refractivity contribution is 0.669. The van der Waals surface area contributed by atoms with E-state index in [1.807, 2.05) is 30.3 Å². The SMILES string of the molecule is c1ccc(-n2c3ccccc3c3c(-c4nc(-c5ccc(-c6ccc7ccccc7c6)cc5)nc(-c5ccc6c(c5)oc5ccccc56)n4)cccc32)cc1. The fourth-order valence-electron chi connectivity index (χ4n) is 7.86. The molecule has 8 aromatic carbocycles. The lowest BCUT2D eigenvalue weighted by atomic mass is 10.00. The van der Waals surface area contributed by atoms with Gasteiger partial charge in [0.2, 0.25) is 0 Å². The van der Waals surface area contributed by atoms with Crippen LogP contribution in [0.25, 0.3) is 105 Å². The topological polar surface area (TPSA) is 56.7 Å². The molecular formula is C49H30N4O. The maximum Gasteiger partial charge on any atom is 0.164 e.